The predicted octanol–water partition coefficient (Wildman–Crippen LogP) is 4.63. The molecule has 0 spiro atoms. The fourth-order valence-corrected chi connectivity index (χ4v) is 3.12. The monoisotopic (exact) mass is 352 g/mol. The van der Waals surface area contributed by atoms with E-state index in [4.69, 9.17) is 4.74 Å². The molecule has 0 atom stereocenters. The minimum absolute atomic E-state index is 0.166. The maximum Gasteiger partial charge on any atom is 0.166 e. The average Bonchev–Trinajstić information content (AvgIpc) is 3.12. The summed E-state index contributed by atoms with van der Waals surface area (Å²) in [4.78, 5) is 13.3. The van der Waals surface area contributed by atoms with Crippen molar-refractivity contribution >= 4 is 27.4 Å². The Morgan fingerprint density at radius 2 is 2.12 bits per heavy atom. The molecular formula is C18H13FN4OS. The van der Waals surface area contributed by atoms with Crippen LogP contribution in [0.4, 0.5) is 10.2 Å². The molecule has 3 heterocycles. The number of halogens is 1. The van der Waals surface area contributed by atoms with Crippen molar-refractivity contribution in [3.8, 4) is 11.5 Å². The lowest BCUT2D eigenvalue weighted by molar-refractivity contribution is 0.440. The maximum atomic E-state index is 14.3. The van der Waals surface area contributed by atoms with Crippen molar-refractivity contribution in [3.63, 3.8) is 0 Å². The third-order valence-electron chi connectivity index (χ3n) is 3.58. The highest BCUT2D eigenvalue weighted by Gasteiger charge is 2.08. The van der Waals surface area contributed by atoms with Crippen LogP contribution in [0.15, 0.2) is 60.5 Å². The summed E-state index contributed by atoms with van der Waals surface area (Å²) in [5.74, 6) is 0.973. The highest BCUT2D eigenvalue weighted by Crippen LogP contribution is 2.26. The lowest BCUT2D eigenvalue weighted by Gasteiger charge is -2.09. The molecule has 0 aliphatic rings. The molecule has 5 nitrogen and oxygen atoms in total. The number of thiophene rings is 1. The van der Waals surface area contributed by atoms with Gasteiger partial charge in [0.25, 0.3) is 0 Å². The van der Waals surface area contributed by atoms with Crippen molar-refractivity contribution in [2.45, 2.75) is 6.54 Å². The van der Waals surface area contributed by atoms with Gasteiger partial charge in [-0.2, -0.15) is 0 Å². The topological polar surface area (TPSA) is 59.9 Å². The summed E-state index contributed by atoms with van der Waals surface area (Å²) in [6.45, 7) is 0.450. The Hall–Kier alpha value is -3.06. The predicted molar refractivity (Wildman–Crippen MR) is 95.5 cm³/mol. The van der Waals surface area contributed by atoms with Crippen LogP contribution < -0.4 is 10.1 Å². The quantitative estimate of drug-likeness (QED) is 0.567. The fourth-order valence-electron chi connectivity index (χ4n) is 2.39. The van der Waals surface area contributed by atoms with Gasteiger partial charge >= 0.3 is 0 Å². The number of anilines is 1. The number of fused-ring (bicyclic) bond motifs is 1. The molecule has 0 saturated heterocycles. The molecule has 7 heteroatoms. The summed E-state index contributed by atoms with van der Waals surface area (Å²) in [5, 5.41) is 6.15. The van der Waals surface area contributed by atoms with Gasteiger partial charge in [0.15, 0.2) is 11.6 Å². The van der Waals surface area contributed by atoms with E-state index < -0.39 is 5.82 Å². The van der Waals surface area contributed by atoms with Crippen molar-refractivity contribution in [3.05, 3.63) is 71.9 Å². The lowest BCUT2D eigenvalue weighted by atomic mass is 10.2. The van der Waals surface area contributed by atoms with Crippen LogP contribution >= 0.6 is 11.3 Å². The van der Waals surface area contributed by atoms with E-state index in [1.165, 1.54) is 18.6 Å². The summed E-state index contributed by atoms with van der Waals surface area (Å²) >= 11 is 1.56. The van der Waals surface area contributed by atoms with Gasteiger partial charge in [-0.15, -0.1) is 11.3 Å². The highest BCUT2D eigenvalue weighted by atomic mass is 32.1. The highest BCUT2D eigenvalue weighted by molar-refractivity contribution is 7.16. The maximum absolute atomic E-state index is 14.3. The molecule has 4 rings (SSSR count). The molecule has 3 aromatic heterocycles. The van der Waals surface area contributed by atoms with E-state index in [9.17, 15) is 4.39 Å². The second-order valence-corrected chi connectivity index (χ2v) is 6.17. The molecule has 0 aliphatic heterocycles. The van der Waals surface area contributed by atoms with Crippen LogP contribution in [-0.4, -0.2) is 15.0 Å². The van der Waals surface area contributed by atoms with Crippen LogP contribution in [0.2, 0.25) is 0 Å². The Morgan fingerprint density at radius 3 is 2.96 bits per heavy atom. The van der Waals surface area contributed by atoms with Crippen molar-refractivity contribution in [1.82, 2.24) is 15.0 Å². The number of ether oxygens (including phenoxy) is 1. The van der Waals surface area contributed by atoms with Gasteiger partial charge in [-0.05, 0) is 41.3 Å². The molecule has 0 aliphatic carbocycles. The zero-order valence-electron chi connectivity index (χ0n) is 13.0. The molecule has 1 N–H and O–H groups in total. The number of rotatable bonds is 5. The Labute approximate surface area is 147 Å². The van der Waals surface area contributed by atoms with Crippen molar-refractivity contribution in [2.75, 3.05) is 5.32 Å². The van der Waals surface area contributed by atoms with Gasteiger partial charge in [-0.25, -0.2) is 14.4 Å². The van der Waals surface area contributed by atoms with Gasteiger partial charge in [0.05, 0.1) is 11.6 Å². The molecule has 4 aromatic rings. The Morgan fingerprint density at radius 1 is 1.16 bits per heavy atom. The molecule has 1 aromatic carbocycles. The van der Waals surface area contributed by atoms with E-state index in [1.54, 1.807) is 35.7 Å². The summed E-state index contributed by atoms with van der Waals surface area (Å²) in [6, 6.07) is 10.3. The molecule has 0 amide bonds. The minimum Gasteiger partial charge on any atom is -0.453 e. The molecule has 0 unspecified atom stereocenters. The third-order valence-corrected chi connectivity index (χ3v) is 4.40. The number of pyridine rings is 1. The fraction of sp³-hybridized carbons (Fsp3) is 0.0556. The summed E-state index contributed by atoms with van der Waals surface area (Å²) in [5.41, 5.74) is 0.790. The number of aromatic nitrogens is 3. The largest absolute Gasteiger partial charge is 0.453 e. The van der Waals surface area contributed by atoms with Gasteiger partial charge in [0.2, 0.25) is 0 Å². The van der Waals surface area contributed by atoms with E-state index in [2.05, 4.69) is 20.3 Å². The van der Waals surface area contributed by atoms with E-state index in [-0.39, 0.29) is 5.75 Å². The second kappa shape index (κ2) is 6.82. The molecule has 124 valence electrons. The summed E-state index contributed by atoms with van der Waals surface area (Å²) < 4.78 is 19.8. The van der Waals surface area contributed by atoms with Gasteiger partial charge in [0.1, 0.15) is 22.7 Å². The standard InChI is InChI=1S/C18H13FN4OS/c19-15-8-12(3-4-16(15)24-13-2-1-6-20-10-13)9-21-17-14-5-7-25-18(14)23-11-22-17/h1-8,10-11H,9H2,(H,21,22,23). The summed E-state index contributed by atoms with van der Waals surface area (Å²) in [6.07, 6.45) is 4.69. The van der Waals surface area contributed by atoms with E-state index >= 15 is 0 Å². The number of hydrogen-bond donors (Lipinski definition) is 1. The lowest BCUT2D eigenvalue weighted by Crippen LogP contribution is -2.02. The number of hydrogen-bond acceptors (Lipinski definition) is 6. The molecule has 0 radical (unpaired) electrons. The third kappa shape index (κ3) is 3.41. The molecule has 0 saturated carbocycles. The van der Waals surface area contributed by atoms with E-state index in [0.717, 1.165) is 21.6 Å². The molecule has 0 bridgehead atoms. The van der Waals surface area contributed by atoms with Gasteiger partial charge in [-0.3, -0.25) is 4.98 Å². The molecule has 0 fully saturated rings. The van der Waals surface area contributed by atoms with E-state index in [0.29, 0.717) is 12.3 Å². The first-order chi connectivity index (χ1) is 12.3. The van der Waals surface area contributed by atoms with E-state index in [1.807, 2.05) is 17.5 Å². The van der Waals surface area contributed by atoms with Gasteiger partial charge in [-0.1, -0.05) is 6.07 Å². The number of nitrogens with one attached hydrogen (secondary N) is 1. The van der Waals surface area contributed by atoms with Crippen LogP contribution in [0.25, 0.3) is 10.2 Å². The van der Waals surface area contributed by atoms with Gasteiger partial charge < -0.3 is 10.1 Å². The summed E-state index contributed by atoms with van der Waals surface area (Å²) in [7, 11) is 0. The van der Waals surface area contributed by atoms with Gasteiger partial charge in [0, 0.05) is 12.7 Å². The van der Waals surface area contributed by atoms with Crippen LogP contribution in [0.5, 0.6) is 11.5 Å². The SMILES string of the molecule is Fc1cc(CNc2ncnc3sccc23)ccc1Oc1cccnc1. The smallest absolute Gasteiger partial charge is 0.166 e. The van der Waals surface area contributed by atoms with Crippen LogP contribution in [-0.2, 0) is 6.54 Å². The normalized spacial score (nSPS) is 10.8. The Bertz CT molecular complexity index is 1010. The second-order valence-electron chi connectivity index (χ2n) is 5.27. The van der Waals surface area contributed by atoms with Crippen molar-refractivity contribution in [2.24, 2.45) is 0 Å². The first kappa shape index (κ1) is 15.5. The number of nitrogens with zero attached hydrogens (tertiary/aromatic N) is 3. The van der Waals surface area contributed by atoms with Crippen LogP contribution in [0.1, 0.15) is 5.56 Å². The van der Waals surface area contributed by atoms with Crippen molar-refractivity contribution < 1.29 is 9.13 Å². The zero-order chi connectivity index (χ0) is 17.1. The molecular weight excluding hydrogens is 339 g/mol. The number of benzene rings is 1. The Kier molecular flexibility index (Phi) is 4.22. The zero-order valence-corrected chi connectivity index (χ0v) is 13.8. The Balaban J connectivity index is 1.48. The van der Waals surface area contributed by atoms with Crippen molar-refractivity contribution in [1.29, 1.82) is 0 Å². The first-order valence-electron chi connectivity index (χ1n) is 7.58. The minimum atomic E-state index is -0.425. The first-order valence-corrected chi connectivity index (χ1v) is 8.46. The average molecular weight is 352 g/mol. The van der Waals surface area contributed by atoms with Crippen LogP contribution in [0.3, 0.4) is 0 Å². The molecule has 25 heavy (non-hydrogen) atoms. The van der Waals surface area contributed by atoms with Crippen LogP contribution in [0, 0.1) is 5.82 Å².